The van der Waals surface area contributed by atoms with E-state index in [2.05, 4.69) is 73.2 Å². The third-order valence-electron chi connectivity index (χ3n) is 0.655. The third kappa shape index (κ3) is 16.7. The van der Waals surface area contributed by atoms with Crippen molar-refractivity contribution >= 4 is 48.9 Å². The first-order chi connectivity index (χ1) is 4.50. The van der Waals surface area contributed by atoms with Crippen LogP contribution in [0, 0.1) is 0 Å². The molecular formula is C5H6Br4Zr. The molecule has 0 heterocycles. The Bertz CT molecular complexity index is 119. The molecule has 5 heteroatoms. The van der Waals surface area contributed by atoms with Crippen molar-refractivity contribution in [1.29, 1.82) is 0 Å². The van der Waals surface area contributed by atoms with Gasteiger partial charge in [-0.05, 0) is 6.42 Å². The van der Waals surface area contributed by atoms with Gasteiger partial charge in [0.05, 0.1) is 0 Å². The molecule has 0 N–H and O–H groups in total. The van der Waals surface area contributed by atoms with Gasteiger partial charge >= 0.3 is 59.7 Å². The van der Waals surface area contributed by atoms with Gasteiger partial charge < -0.3 is 0 Å². The maximum atomic E-state index is 3.34. The number of rotatable bonds is 0. The molecule has 0 aromatic carbocycles. The Kier molecular flexibility index (Phi) is 8.31. The average molecular weight is 477 g/mol. The summed E-state index contributed by atoms with van der Waals surface area (Å²) < 4.78 is 0. The number of allylic oxidation sites excluding steroid dienone is 4. The molecular weight excluding hydrogens is 471 g/mol. The van der Waals surface area contributed by atoms with E-state index < -0.39 is 10.9 Å². The fraction of sp³-hybridized carbons (Fsp3) is 0.200. The summed E-state index contributed by atoms with van der Waals surface area (Å²) in [6, 6.07) is 0. The van der Waals surface area contributed by atoms with Crippen molar-refractivity contribution in [2.24, 2.45) is 0 Å². The van der Waals surface area contributed by atoms with Crippen LogP contribution in [0.15, 0.2) is 24.3 Å². The molecule has 10 heavy (non-hydrogen) atoms. The third-order valence-corrected chi connectivity index (χ3v) is 0.655. The summed E-state index contributed by atoms with van der Waals surface area (Å²) in [5.74, 6) is 0. The van der Waals surface area contributed by atoms with Crippen LogP contribution in [0.2, 0.25) is 0 Å². The molecule has 0 saturated carbocycles. The second kappa shape index (κ2) is 6.76. The van der Waals surface area contributed by atoms with Gasteiger partial charge in [0.15, 0.2) is 0 Å². The number of hydrogen-bond donors (Lipinski definition) is 0. The first-order valence-corrected chi connectivity index (χ1v) is 25.1. The van der Waals surface area contributed by atoms with Crippen LogP contribution in [-0.4, -0.2) is 0 Å². The van der Waals surface area contributed by atoms with Gasteiger partial charge in [-0.2, -0.15) is 0 Å². The van der Waals surface area contributed by atoms with Crippen LogP contribution in [0.4, 0.5) is 0 Å². The van der Waals surface area contributed by atoms with Crippen LogP contribution in [0.1, 0.15) is 6.42 Å². The van der Waals surface area contributed by atoms with Crippen molar-refractivity contribution in [3.63, 3.8) is 0 Å². The van der Waals surface area contributed by atoms with Gasteiger partial charge in [0, 0.05) is 0 Å². The monoisotopic (exact) mass is 472 g/mol. The normalized spacial score (nSPS) is 14.8. The Labute approximate surface area is 88.7 Å². The van der Waals surface area contributed by atoms with Crippen LogP contribution < -0.4 is 0 Å². The minimum absolute atomic E-state index is 1.14. The molecule has 0 aromatic heterocycles. The quantitative estimate of drug-likeness (QED) is 0.467. The van der Waals surface area contributed by atoms with E-state index in [1.54, 1.807) is 0 Å². The number of hydrogen-bond acceptors (Lipinski definition) is 0. The molecule has 0 atom stereocenters. The fourth-order valence-electron chi connectivity index (χ4n) is 0.393. The van der Waals surface area contributed by atoms with E-state index in [0.717, 1.165) is 6.42 Å². The maximum absolute atomic E-state index is 3.34. The summed E-state index contributed by atoms with van der Waals surface area (Å²) >= 11 is 13.3. The van der Waals surface area contributed by atoms with Gasteiger partial charge in [-0.1, -0.05) is 24.3 Å². The summed E-state index contributed by atoms with van der Waals surface area (Å²) in [7, 11) is -1.93. The molecule has 58 valence electrons. The first-order valence-electron chi connectivity index (χ1n) is 2.57. The molecule has 0 unspecified atom stereocenters. The van der Waals surface area contributed by atoms with E-state index in [0.29, 0.717) is 0 Å². The van der Waals surface area contributed by atoms with Gasteiger partial charge in [-0.3, -0.25) is 0 Å². The van der Waals surface area contributed by atoms with Crippen molar-refractivity contribution in [3.8, 4) is 0 Å². The van der Waals surface area contributed by atoms with Crippen LogP contribution in [0.5, 0.6) is 0 Å². The molecule has 1 rings (SSSR count). The predicted octanol–water partition coefficient (Wildman–Crippen LogP) is 4.88. The Morgan fingerprint density at radius 2 is 1.20 bits per heavy atom. The second-order valence-corrected chi connectivity index (χ2v) is 69.5. The van der Waals surface area contributed by atoms with Gasteiger partial charge in [0.1, 0.15) is 0 Å². The molecule has 0 bridgehead atoms. The molecule has 0 amide bonds. The molecule has 0 fully saturated rings. The average Bonchev–Trinajstić information content (AvgIpc) is 2.07. The Morgan fingerprint density at radius 3 is 1.30 bits per heavy atom. The van der Waals surface area contributed by atoms with Gasteiger partial charge in [0.2, 0.25) is 0 Å². The summed E-state index contributed by atoms with van der Waals surface area (Å²) in [5.41, 5.74) is 0. The van der Waals surface area contributed by atoms with E-state index in [-0.39, 0.29) is 0 Å². The van der Waals surface area contributed by atoms with Crippen molar-refractivity contribution < 1.29 is 10.9 Å². The van der Waals surface area contributed by atoms with Gasteiger partial charge in [-0.15, -0.1) is 0 Å². The Balaban J connectivity index is 0.000000162. The number of halogens is 4. The van der Waals surface area contributed by atoms with Crippen LogP contribution in [0.3, 0.4) is 0 Å². The standard InChI is InChI=1S/C5H6.4BrH.Zr/c1-2-4-5-3-1;;;;;/h1-4H,5H2;4*1H;/q;;;;;+4/p-4. The van der Waals surface area contributed by atoms with Crippen LogP contribution >= 0.6 is 48.9 Å². The summed E-state index contributed by atoms with van der Waals surface area (Å²) in [5, 5.41) is 0. The molecule has 0 aliphatic heterocycles. The van der Waals surface area contributed by atoms with E-state index in [9.17, 15) is 0 Å². The minimum atomic E-state index is -1.93. The second-order valence-electron chi connectivity index (χ2n) is 1.52. The predicted molar refractivity (Wildman–Crippen MR) is 58.6 cm³/mol. The Hall–Kier alpha value is 2.28. The SMILES string of the molecule is C1=CCC=C1.[Br][Zr]([Br])([Br])[Br]. The zero-order valence-electron chi connectivity index (χ0n) is 5.03. The molecule has 1 aliphatic carbocycles. The summed E-state index contributed by atoms with van der Waals surface area (Å²) in [4.78, 5) is 0. The molecule has 0 aromatic rings. The first kappa shape index (κ1) is 12.3. The van der Waals surface area contributed by atoms with Gasteiger partial charge in [-0.25, -0.2) is 0 Å². The van der Waals surface area contributed by atoms with Crippen molar-refractivity contribution in [2.45, 2.75) is 6.42 Å². The molecule has 0 radical (unpaired) electrons. The summed E-state index contributed by atoms with van der Waals surface area (Å²) in [6.45, 7) is 0. The zero-order valence-corrected chi connectivity index (χ0v) is 13.8. The fourth-order valence-corrected chi connectivity index (χ4v) is 0.393. The zero-order chi connectivity index (χ0) is 8.04. The molecule has 1 aliphatic rings. The van der Waals surface area contributed by atoms with Crippen molar-refractivity contribution in [2.75, 3.05) is 0 Å². The summed E-state index contributed by atoms with van der Waals surface area (Å²) in [6.07, 6.45) is 9.50. The van der Waals surface area contributed by atoms with E-state index in [1.165, 1.54) is 0 Å². The van der Waals surface area contributed by atoms with E-state index in [1.807, 2.05) is 0 Å². The molecule has 0 saturated heterocycles. The van der Waals surface area contributed by atoms with E-state index in [4.69, 9.17) is 0 Å². The van der Waals surface area contributed by atoms with Crippen molar-refractivity contribution in [1.82, 2.24) is 0 Å². The molecule has 0 spiro atoms. The topological polar surface area (TPSA) is 0 Å². The van der Waals surface area contributed by atoms with E-state index >= 15 is 0 Å². The molecule has 0 nitrogen and oxygen atoms in total. The van der Waals surface area contributed by atoms with Crippen LogP contribution in [0.25, 0.3) is 0 Å². The van der Waals surface area contributed by atoms with Crippen molar-refractivity contribution in [3.05, 3.63) is 24.3 Å². The Morgan fingerprint density at radius 1 is 0.900 bits per heavy atom. The van der Waals surface area contributed by atoms with Crippen LogP contribution in [-0.2, 0) is 10.9 Å². The van der Waals surface area contributed by atoms with Gasteiger partial charge in [0.25, 0.3) is 0 Å².